The van der Waals surface area contributed by atoms with E-state index in [1.807, 2.05) is 0 Å². The van der Waals surface area contributed by atoms with E-state index < -0.39 is 11.6 Å². The topological polar surface area (TPSA) is 42.0 Å². The Morgan fingerprint density at radius 2 is 1.95 bits per heavy atom. The Labute approximate surface area is 120 Å². The molecule has 1 aromatic heterocycles. The second-order valence-electron chi connectivity index (χ2n) is 3.90. The normalized spacial score (nSPS) is 10.6. The third-order valence-electron chi connectivity index (χ3n) is 2.46. The SMILES string of the molecule is CC(=O)c1c(C)nsc1Nc1c(F)cc(Br)cc1F. The minimum absolute atomic E-state index is 0.202. The summed E-state index contributed by atoms with van der Waals surface area (Å²) < 4.78 is 31.7. The smallest absolute Gasteiger partial charge is 0.164 e. The lowest BCUT2D eigenvalue weighted by Gasteiger charge is -2.08. The summed E-state index contributed by atoms with van der Waals surface area (Å²) in [5, 5.41) is 2.94. The molecular formula is C12H9BrF2N2OS. The average molecular weight is 347 g/mol. The van der Waals surface area contributed by atoms with Crippen molar-refractivity contribution in [2.24, 2.45) is 0 Å². The molecule has 7 heteroatoms. The molecule has 0 spiro atoms. The molecule has 0 aliphatic rings. The van der Waals surface area contributed by atoms with Crippen LogP contribution in [0, 0.1) is 18.6 Å². The molecule has 0 aliphatic heterocycles. The second-order valence-corrected chi connectivity index (χ2v) is 5.59. The predicted molar refractivity (Wildman–Crippen MR) is 74.2 cm³/mol. The van der Waals surface area contributed by atoms with E-state index in [1.54, 1.807) is 6.92 Å². The molecule has 0 saturated carbocycles. The molecule has 0 saturated heterocycles. The highest BCUT2D eigenvalue weighted by molar-refractivity contribution is 9.10. The summed E-state index contributed by atoms with van der Waals surface area (Å²) in [4.78, 5) is 11.5. The number of Topliss-reactive ketones (excluding diaryl/α,β-unsaturated/α-hetero) is 1. The van der Waals surface area contributed by atoms with Crippen molar-refractivity contribution in [2.75, 3.05) is 5.32 Å². The number of halogens is 3. The zero-order valence-electron chi connectivity index (χ0n) is 10.1. The van der Waals surface area contributed by atoms with Gasteiger partial charge in [-0.2, -0.15) is 4.37 Å². The number of hydrogen-bond donors (Lipinski definition) is 1. The fraction of sp³-hybridized carbons (Fsp3) is 0.167. The molecular weight excluding hydrogens is 338 g/mol. The fourth-order valence-electron chi connectivity index (χ4n) is 1.64. The van der Waals surface area contributed by atoms with Crippen LogP contribution in [-0.2, 0) is 0 Å². The van der Waals surface area contributed by atoms with Gasteiger partial charge >= 0.3 is 0 Å². The quantitative estimate of drug-likeness (QED) is 0.835. The zero-order valence-corrected chi connectivity index (χ0v) is 12.5. The van der Waals surface area contributed by atoms with E-state index in [0.29, 0.717) is 20.7 Å². The Kier molecular flexibility index (Phi) is 3.96. The Balaban J connectivity index is 2.45. The third kappa shape index (κ3) is 2.82. The number of anilines is 2. The van der Waals surface area contributed by atoms with Crippen molar-refractivity contribution in [3.63, 3.8) is 0 Å². The Bertz CT molecular complexity index is 634. The summed E-state index contributed by atoms with van der Waals surface area (Å²) in [6.07, 6.45) is 0. The van der Waals surface area contributed by atoms with E-state index in [9.17, 15) is 13.6 Å². The number of aryl methyl sites for hydroxylation is 1. The van der Waals surface area contributed by atoms with Crippen LogP contribution in [0.1, 0.15) is 23.0 Å². The van der Waals surface area contributed by atoms with Crippen LogP contribution in [0.15, 0.2) is 16.6 Å². The average Bonchev–Trinajstić information content (AvgIpc) is 2.64. The van der Waals surface area contributed by atoms with Crippen molar-refractivity contribution >= 4 is 43.9 Å². The van der Waals surface area contributed by atoms with E-state index in [2.05, 4.69) is 25.6 Å². The monoisotopic (exact) mass is 346 g/mol. The maximum absolute atomic E-state index is 13.7. The fourth-order valence-corrected chi connectivity index (χ4v) is 2.90. The molecule has 3 nitrogen and oxygen atoms in total. The standard InChI is InChI=1S/C12H9BrF2N2OS/c1-5-10(6(2)18)12(19-17-5)16-11-8(14)3-7(13)4-9(11)15/h3-4,16H,1-2H3. The molecule has 1 heterocycles. The van der Waals surface area contributed by atoms with Crippen molar-refractivity contribution in [2.45, 2.75) is 13.8 Å². The van der Waals surface area contributed by atoms with Crippen LogP contribution in [0.3, 0.4) is 0 Å². The van der Waals surface area contributed by atoms with E-state index in [-0.39, 0.29) is 11.5 Å². The van der Waals surface area contributed by atoms with Crippen LogP contribution in [0.5, 0.6) is 0 Å². The molecule has 0 aliphatic carbocycles. The highest BCUT2D eigenvalue weighted by Gasteiger charge is 2.18. The number of carbonyl (C=O) groups is 1. The first-order chi connectivity index (χ1) is 8.90. The van der Waals surface area contributed by atoms with Gasteiger partial charge in [0.15, 0.2) is 17.4 Å². The summed E-state index contributed by atoms with van der Waals surface area (Å²) in [6.45, 7) is 3.06. The van der Waals surface area contributed by atoms with Gasteiger partial charge < -0.3 is 5.32 Å². The number of carbonyl (C=O) groups excluding carboxylic acids is 1. The minimum Gasteiger partial charge on any atom is -0.341 e. The summed E-state index contributed by atoms with van der Waals surface area (Å²) in [7, 11) is 0. The highest BCUT2D eigenvalue weighted by atomic mass is 79.9. The number of hydrogen-bond acceptors (Lipinski definition) is 4. The maximum atomic E-state index is 13.7. The van der Waals surface area contributed by atoms with Gasteiger partial charge in [0.2, 0.25) is 0 Å². The van der Waals surface area contributed by atoms with Crippen LogP contribution in [0.25, 0.3) is 0 Å². The predicted octanol–water partition coefficient (Wildman–Crippen LogP) is 4.44. The molecule has 0 radical (unpaired) electrons. The summed E-state index contributed by atoms with van der Waals surface area (Å²) in [6, 6.07) is 2.29. The van der Waals surface area contributed by atoms with Gasteiger partial charge in [-0.1, -0.05) is 15.9 Å². The van der Waals surface area contributed by atoms with Crippen LogP contribution < -0.4 is 5.32 Å². The van der Waals surface area contributed by atoms with E-state index in [1.165, 1.54) is 6.92 Å². The number of ketones is 1. The molecule has 19 heavy (non-hydrogen) atoms. The van der Waals surface area contributed by atoms with Crippen molar-refractivity contribution < 1.29 is 13.6 Å². The molecule has 0 amide bonds. The summed E-state index contributed by atoms with van der Waals surface area (Å²) >= 11 is 4.00. The molecule has 0 atom stereocenters. The van der Waals surface area contributed by atoms with Crippen molar-refractivity contribution in [3.05, 3.63) is 39.5 Å². The van der Waals surface area contributed by atoms with Crippen LogP contribution in [-0.4, -0.2) is 10.2 Å². The van der Waals surface area contributed by atoms with Crippen molar-refractivity contribution in [1.29, 1.82) is 0 Å². The second kappa shape index (κ2) is 5.34. The van der Waals surface area contributed by atoms with Gasteiger partial charge in [-0.25, -0.2) is 8.78 Å². The largest absolute Gasteiger partial charge is 0.341 e. The number of nitrogens with one attached hydrogen (secondary N) is 1. The molecule has 1 aromatic carbocycles. The van der Waals surface area contributed by atoms with Gasteiger partial charge in [-0.05, 0) is 37.5 Å². The molecule has 1 N–H and O–H groups in total. The Morgan fingerprint density at radius 3 is 2.47 bits per heavy atom. The Morgan fingerprint density at radius 1 is 1.37 bits per heavy atom. The zero-order chi connectivity index (χ0) is 14.2. The van der Waals surface area contributed by atoms with E-state index in [0.717, 1.165) is 23.7 Å². The molecule has 2 aromatic rings. The number of benzene rings is 1. The van der Waals surface area contributed by atoms with Gasteiger partial charge in [-0.15, -0.1) is 0 Å². The van der Waals surface area contributed by atoms with Crippen LogP contribution in [0.4, 0.5) is 19.5 Å². The molecule has 2 rings (SSSR count). The van der Waals surface area contributed by atoms with E-state index in [4.69, 9.17) is 0 Å². The first-order valence-corrected chi connectivity index (χ1v) is 6.85. The van der Waals surface area contributed by atoms with Gasteiger partial charge in [0.05, 0.1) is 11.3 Å². The third-order valence-corrected chi connectivity index (χ3v) is 3.77. The molecule has 100 valence electrons. The van der Waals surface area contributed by atoms with Crippen LogP contribution in [0.2, 0.25) is 0 Å². The summed E-state index contributed by atoms with van der Waals surface area (Å²) in [5.74, 6) is -1.69. The lowest BCUT2D eigenvalue weighted by molar-refractivity contribution is 0.101. The number of nitrogens with zero attached hydrogens (tertiary/aromatic N) is 1. The van der Waals surface area contributed by atoms with Gasteiger partial charge in [0.25, 0.3) is 0 Å². The first-order valence-electron chi connectivity index (χ1n) is 5.29. The molecule has 0 unspecified atom stereocenters. The minimum atomic E-state index is -0.743. The maximum Gasteiger partial charge on any atom is 0.164 e. The lowest BCUT2D eigenvalue weighted by atomic mass is 10.2. The Hall–Kier alpha value is -1.34. The number of rotatable bonds is 3. The first kappa shape index (κ1) is 14.1. The van der Waals surface area contributed by atoms with Gasteiger partial charge in [-0.3, -0.25) is 4.79 Å². The highest BCUT2D eigenvalue weighted by Crippen LogP contribution is 2.32. The van der Waals surface area contributed by atoms with Crippen LogP contribution >= 0.6 is 27.5 Å². The molecule has 0 bridgehead atoms. The summed E-state index contributed by atoms with van der Waals surface area (Å²) in [5.41, 5.74) is 0.596. The van der Waals surface area contributed by atoms with Gasteiger partial charge in [0, 0.05) is 4.47 Å². The van der Waals surface area contributed by atoms with Crippen molar-refractivity contribution in [1.82, 2.24) is 4.37 Å². The van der Waals surface area contributed by atoms with Gasteiger partial charge in [0.1, 0.15) is 10.7 Å². The molecule has 0 fully saturated rings. The van der Waals surface area contributed by atoms with E-state index >= 15 is 0 Å². The van der Waals surface area contributed by atoms with Crippen molar-refractivity contribution in [3.8, 4) is 0 Å². The number of aromatic nitrogens is 1. The lowest BCUT2D eigenvalue weighted by Crippen LogP contribution is -2.01.